The van der Waals surface area contributed by atoms with Gasteiger partial charge in [0.2, 0.25) is 0 Å². The van der Waals surface area contributed by atoms with Gasteiger partial charge >= 0.3 is 0 Å². The van der Waals surface area contributed by atoms with Crippen LogP contribution in [0.3, 0.4) is 0 Å². The Balaban J connectivity index is 2.14. The zero-order valence-corrected chi connectivity index (χ0v) is 13.9. The number of para-hydroxylation sites is 1. The summed E-state index contributed by atoms with van der Waals surface area (Å²) >= 11 is 10.6. The van der Waals surface area contributed by atoms with E-state index in [0.29, 0.717) is 37.5 Å². The lowest BCUT2D eigenvalue weighted by atomic mass is 10.0. The molecule has 0 bridgehead atoms. The topological polar surface area (TPSA) is 77.8 Å². The van der Waals surface area contributed by atoms with Crippen molar-refractivity contribution < 1.29 is 9.52 Å². The summed E-state index contributed by atoms with van der Waals surface area (Å²) < 4.78 is 6.42. The van der Waals surface area contributed by atoms with Crippen LogP contribution in [0.5, 0.6) is 5.75 Å². The number of aromatic nitrogens is 3. The van der Waals surface area contributed by atoms with Gasteiger partial charge in [-0.05, 0) is 42.5 Å². The van der Waals surface area contributed by atoms with E-state index in [1.54, 1.807) is 30.5 Å². The summed E-state index contributed by atoms with van der Waals surface area (Å²) in [5.74, 6) is 0.804. The molecule has 0 aliphatic carbocycles. The maximum absolute atomic E-state index is 10.1. The first-order valence-corrected chi connectivity index (χ1v) is 7.95. The molecule has 0 unspecified atom stereocenters. The van der Waals surface area contributed by atoms with Crippen LogP contribution in [-0.2, 0) is 0 Å². The zero-order chi connectivity index (χ0) is 16.7. The van der Waals surface area contributed by atoms with Gasteiger partial charge in [-0.3, -0.25) is 0 Å². The zero-order valence-electron chi connectivity index (χ0n) is 12.2. The number of nitrogens with zero attached hydrogens (tertiary/aromatic N) is 1. The largest absolute Gasteiger partial charge is 0.507 e. The van der Waals surface area contributed by atoms with Crippen molar-refractivity contribution in [2.45, 2.75) is 0 Å². The van der Waals surface area contributed by atoms with E-state index < -0.39 is 0 Å². The quantitative estimate of drug-likeness (QED) is 0.443. The average Bonchev–Trinajstić information content (AvgIpc) is 3.08. The molecule has 3 heterocycles. The van der Waals surface area contributed by atoms with Crippen LogP contribution in [0, 0.1) is 9.41 Å². The van der Waals surface area contributed by atoms with Gasteiger partial charge in [0.1, 0.15) is 21.8 Å². The number of fused-ring (bicyclic) bond motifs is 1. The van der Waals surface area contributed by atoms with Crippen LogP contribution in [0.15, 0.2) is 53.1 Å². The van der Waals surface area contributed by atoms with Crippen molar-refractivity contribution >= 4 is 35.5 Å². The maximum atomic E-state index is 10.1. The van der Waals surface area contributed by atoms with Gasteiger partial charge in [0.15, 0.2) is 4.77 Å². The molecule has 0 spiro atoms. The van der Waals surface area contributed by atoms with Crippen LogP contribution >= 0.6 is 24.4 Å². The number of furan rings is 1. The fourth-order valence-corrected chi connectivity index (χ4v) is 3.20. The summed E-state index contributed by atoms with van der Waals surface area (Å²) in [6.45, 7) is 0. The molecule has 0 saturated carbocycles. The molecular formula is C17H11N3O2S2. The van der Waals surface area contributed by atoms with Crippen LogP contribution in [0.1, 0.15) is 0 Å². The second-order valence-corrected chi connectivity index (χ2v) is 6.00. The number of phenolic OH excluding ortho intramolecular Hbond substituents is 1. The lowest BCUT2D eigenvalue weighted by molar-refractivity contribution is 0.477. The third-order valence-electron chi connectivity index (χ3n) is 3.67. The molecular weight excluding hydrogens is 342 g/mol. The predicted molar refractivity (Wildman–Crippen MR) is 96.9 cm³/mol. The lowest BCUT2D eigenvalue weighted by Crippen LogP contribution is -1.95. The molecule has 0 atom stereocenters. The van der Waals surface area contributed by atoms with E-state index in [4.69, 9.17) is 28.9 Å². The van der Waals surface area contributed by atoms with Crippen molar-refractivity contribution in [3.63, 3.8) is 0 Å². The SMILES string of the molecule is Oc1ccccc1-c1cc(-c2ccco2)c2c(=S)[nH]c(=S)[nH]c2n1. The third-order valence-corrected chi connectivity index (χ3v) is 4.18. The van der Waals surface area contributed by atoms with Gasteiger partial charge in [-0.25, -0.2) is 4.98 Å². The normalized spacial score (nSPS) is 11.0. The van der Waals surface area contributed by atoms with Crippen molar-refractivity contribution in [2.75, 3.05) is 0 Å². The van der Waals surface area contributed by atoms with Crippen LogP contribution in [0.25, 0.3) is 33.6 Å². The number of aromatic hydroxyl groups is 1. The summed E-state index contributed by atoms with van der Waals surface area (Å²) in [7, 11) is 0. The first-order valence-electron chi connectivity index (χ1n) is 7.13. The number of phenols is 1. The van der Waals surface area contributed by atoms with Gasteiger partial charge in [-0.15, -0.1) is 0 Å². The first-order chi connectivity index (χ1) is 11.6. The Morgan fingerprint density at radius 3 is 2.58 bits per heavy atom. The molecule has 4 rings (SSSR count). The summed E-state index contributed by atoms with van der Waals surface area (Å²) in [5.41, 5.74) is 2.52. The summed E-state index contributed by atoms with van der Waals surface area (Å²) in [4.78, 5) is 10.5. The van der Waals surface area contributed by atoms with E-state index in [-0.39, 0.29) is 5.75 Å². The number of nitrogens with one attached hydrogen (secondary N) is 2. The summed E-state index contributed by atoms with van der Waals surface area (Å²) in [5, 5.41) is 10.9. The standard InChI is InChI=1S/C17H11N3O2S2/c21-12-5-2-1-4-9(12)11-8-10(13-6-3-7-22-13)14-15(18-11)19-17(24)20-16(14)23/h1-8,21H,(H2,18,19,20,23,24). The highest BCUT2D eigenvalue weighted by Gasteiger charge is 2.15. The van der Waals surface area contributed by atoms with E-state index in [1.165, 1.54) is 0 Å². The minimum absolute atomic E-state index is 0.148. The Hall–Kier alpha value is -2.77. The molecule has 0 radical (unpaired) electrons. The van der Waals surface area contributed by atoms with Crippen molar-refractivity contribution in [3.05, 3.63) is 58.1 Å². The lowest BCUT2D eigenvalue weighted by Gasteiger charge is -2.09. The Morgan fingerprint density at radius 2 is 1.83 bits per heavy atom. The van der Waals surface area contributed by atoms with Gasteiger partial charge in [-0.2, -0.15) is 0 Å². The van der Waals surface area contributed by atoms with Crippen LogP contribution < -0.4 is 0 Å². The molecule has 24 heavy (non-hydrogen) atoms. The van der Waals surface area contributed by atoms with E-state index in [9.17, 15) is 5.11 Å². The predicted octanol–water partition coefficient (Wildman–Crippen LogP) is 4.98. The molecule has 5 nitrogen and oxygen atoms in total. The van der Waals surface area contributed by atoms with Gasteiger partial charge in [-0.1, -0.05) is 24.4 Å². The number of rotatable bonds is 2. The fourth-order valence-electron chi connectivity index (χ4n) is 2.62. The first kappa shape index (κ1) is 14.8. The highest BCUT2D eigenvalue weighted by Crippen LogP contribution is 2.34. The Labute approximate surface area is 146 Å². The van der Waals surface area contributed by atoms with Crippen LogP contribution in [0.4, 0.5) is 0 Å². The number of pyridine rings is 1. The number of hydrogen-bond acceptors (Lipinski definition) is 5. The molecule has 7 heteroatoms. The number of hydrogen-bond donors (Lipinski definition) is 3. The molecule has 1 aromatic carbocycles. The molecule has 0 aliphatic heterocycles. The monoisotopic (exact) mass is 353 g/mol. The Kier molecular flexibility index (Phi) is 3.51. The van der Waals surface area contributed by atoms with E-state index >= 15 is 0 Å². The Bertz CT molecular complexity index is 1160. The van der Waals surface area contributed by atoms with Gasteiger partial charge in [0.05, 0.1) is 17.3 Å². The Morgan fingerprint density at radius 1 is 1.00 bits per heavy atom. The van der Waals surface area contributed by atoms with E-state index in [0.717, 1.165) is 5.56 Å². The minimum atomic E-state index is 0.148. The van der Waals surface area contributed by atoms with Gasteiger partial charge < -0.3 is 19.5 Å². The van der Waals surface area contributed by atoms with E-state index in [1.807, 2.05) is 18.2 Å². The van der Waals surface area contributed by atoms with Crippen molar-refractivity contribution in [1.82, 2.24) is 15.0 Å². The average molecular weight is 353 g/mol. The molecule has 0 aliphatic rings. The van der Waals surface area contributed by atoms with Crippen LogP contribution in [-0.4, -0.2) is 20.1 Å². The molecule has 118 valence electrons. The highest BCUT2D eigenvalue weighted by molar-refractivity contribution is 7.72. The molecule has 0 fully saturated rings. The number of H-pyrrole nitrogens is 2. The molecule has 3 aromatic heterocycles. The van der Waals surface area contributed by atoms with Crippen molar-refractivity contribution in [1.29, 1.82) is 0 Å². The molecule has 0 amide bonds. The summed E-state index contributed by atoms with van der Waals surface area (Å²) in [6.07, 6.45) is 1.60. The second-order valence-electron chi connectivity index (χ2n) is 5.18. The van der Waals surface area contributed by atoms with Crippen LogP contribution in [0.2, 0.25) is 0 Å². The fraction of sp³-hybridized carbons (Fsp3) is 0. The second kappa shape index (κ2) is 5.70. The molecule has 3 N–H and O–H groups in total. The number of benzene rings is 1. The van der Waals surface area contributed by atoms with Gasteiger partial charge in [0.25, 0.3) is 0 Å². The van der Waals surface area contributed by atoms with Crippen molar-refractivity contribution in [3.8, 4) is 28.3 Å². The third kappa shape index (κ3) is 2.44. The highest BCUT2D eigenvalue weighted by atomic mass is 32.1. The smallest absolute Gasteiger partial charge is 0.177 e. The van der Waals surface area contributed by atoms with E-state index in [2.05, 4.69) is 15.0 Å². The van der Waals surface area contributed by atoms with Gasteiger partial charge in [0, 0.05) is 11.1 Å². The maximum Gasteiger partial charge on any atom is 0.177 e. The molecule has 0 saturated heterocycles. The minimum Gasteiger partial charge on any atom is -0.507 e. The summed E-state index contributed by atoms with van der Waals surface area (Å²) in [6, 6.07) is 12.5. The number of aromatic amines is 2. The molecule has 4 aromatic rings. The van der Waals surface area contributed by atoms with Crippen molar-refractivity contribution in [2.24, 2.45) is 0 Å².